The van der Waals surface area contributed by atoms with E-state index in [-0.39, 0.29) is 0 Å². The van der Waals surface area contributed by atoms with E-state index < -0.39 is 0 Å². The van der Waals surface area contributed by atoms with E-state index in [1.165, 1.54) is 0 Å². The number of benzene rings is 1. The zero-order valence-corrected chi connectivity index (χ0v) is 11.3. The molecule has 3 rings (SSSR count). The van der Waals surface area contributed by atoms with Gasteiger partial charge >= 0.3 is 0 Å². The van der Waals surface area contributed by atoms with Crippen molar-refractivity contribution in [3.8, 4) is 0 Å². The minimum absolute atomic E-state index is 0.624. The molecule has 0 fully saturated rings. The minimum atomic E-state index is 0.624. The van der Waals surface area contributed by atoms with E-state index >= 15 is 0 Å². The van der Waals surface area contributed by atoms with E-state index in [9.17, 15) is 0 Å². The molecule has 0 unspecified atom stereocenters. The molecule has 0 saturated heterocycles. The van der Waals surface area contributed by atoms with Gasteiger partial charge in [0.25, 0.3) is 0 Å². The molecule has 98 valence electrons. The van der Waals surface area contributed by atoms with Crippen molar-refractivity contribution in [3.05, 3.63) is 36.3 Å². The van der Waals surface area contributed by atoms with Gasteiger partial charge in [0.15, 0.2) is 0 Å². The number of rotatable bonds is 4. The summed E-state index contributed by atoms with van der Waals surface area (Å²) in [7, 11) is 0. The Morgan fingerprint density at radius 2 is 2.00 bits per heavy atom. The highest BCUT2D eigenvalue weighted by Crippen LogP contribution is 2.24. The van der Waals surface area contributed by atoms with Gasteiger partial charge in [0.05, 0.1) is 11.7 Å². The summed E-state index contributed by atoms with van der Waals surface area (Å²) in [5.74, 6) is 0.970. The third kappa shape index (κ3) is 1.93. The second kappa shape index (κ2) is 4.88. The molecule has 2 aromatic heterocycles. The van der Waals surface area contributed by atoms with Gasteiger partial charge in [0.1, 0.15) is 23.5 Å². The average Bonchev–Trinajstić information content (AvgIpc) is 2.78. The van der Waals surface area contributed by atoms with Crippen LogP contribution in [0, 0.1) is 0 Å². The molecule has 0 aliphatic carbocycles. The fourth-order valence-corrected chi connectivity index (χ4v) is 2.37. The first-order valence-corrected chi connectivity index (χ1v) is 6.73. The maximum atomic E-state index is 5.78. The summed E-state index contributed by atoms with van der Waals surface area (Å²) in [6.07, 6.45) is 3.77. The van der Waals surface area contributed by atoms with Crippen LogP contribution >= 0.6 is 0 Å². The summed E-state index contributed by atoms with van der Waals surface area (Å²) in [4.78, 5) is 14.9. The first kappa shape index (κ1) is 12.0. The highest BCUT2D eigenvalue weighted by molar-refractivity contribution is 6.02. The predicted molar refractivity (Wildman–Crippen MR) is 76.2 cm³/mol. The molecule has 0 N–H and O–H groups in total. The first-order chi connectivity index (χ1) is 9.35. The number of fused-ring (bicyclic) bond motifs is 3. The lowest BCUT2D eigenvalue weighted by Crippen LogP contribution is -2.14. The van der Waals surface area contributed by atoms with E-state index in [1.54, 1.807) is 0 Å². The van der Waals surface area contributed by atoms with Crippen LogP contribution in [0.3, 0.4) is 0 Å². The van der Waals surface area contributed by atoms with Crippen molar-refractivity contribution in [1.82, 2.24) is 14.7 Å². The molecule has 4 heteroatoms. The second-order valence-electron chi connectivity index (χ2n) is 4.50. The largest absolute Gasteiger partial charge is 0.412 e. The van der Waals surface area contributed by atoms with Gasteiger partial charge in [0.2, 0.25) is 0 Å². The van der Waals surface area contributed by atoms with Crippen LogP contribution in [0.5, 0.6) is 0 Å². The monoisotopic (exact) mass is 255 g/mol. The predicted octanol–water partition coefficient (Wildman–Crippen LogP) is 2.99. The summed E-state index contributed by atoms with van der Waals surface area (Å²) in [6.45, 7) is 4.76. The highest BCUT2D eigenvalue weighted by atomic mass is 16.7. The fourth-order valence-electron chi connectivity index (χ4n) is 2.37. The average molecular weight is 255 g/mol. The maximum absolute atomic E-state index is 5.78. The number of hydrogen-bond acceptors (Lipinski definition) is 3. The quantitative estimate of drug-likeness (QED) is 0.719. The van der Waals surface area contributed by atoms with Gasteiger partial charge in [-0.15, -0.1) is 0 Å². The summed E-state index contributed by atoms with van der Waals surface area (Å²) in [6, 6.07) is 8.09. The Kier molecular flexibility index (Phi) is 3.07. The van der Waals surface area contributed by atoms with Crippen molar-refractivity contribution < 1.29 is 4.84 Å². The molecule has 0 bridgehead atoms. The Balaban J connectivity index is 2.35. The summed E-state index contributed by atoms with van der Waals surface area (Å²) >= 11 is 0. The Morgan fingerprint density at radius 1 is 1.16 bits per heavy atom. The molecule has 2 heterocycles. The zero-order chi connectivity index (χ0) is 13.2. The number of imidazole rings is 1. The van der Waals surface area contributed by atoms with Gasteiger partial charge < -0.3 is 4.84 Å². The van der Waals surface area contributed by atoms with Crippen LogP contribution in [0.15, 0.2) is 30.5 Å². The van der Waals surface area contributed by atoms with E-state index in [2.05, 4.69) is 23.0 Å². The Morgan fingerprint density at radius 3 is 2.79 bits per heavy atom. The molecule has 0 atom stereocenters. The molecule has 4 nitrogen and oxygen atoms in total. The van der Waals surface area contributed by atoms with Gasteiger partial charge in [-0.1, -0.05) is 25.1 Å². The van der Waals surface area contributed by atoms with Gasteiger partial charge in [0, 0.05) is 11.8 Å². The van der Waals surface area contributed by atoms with Crippen LogP contribution in [-0.2, 0) is 6.42 Å². The van der Waals surface area contributed by atoms with Gasteiger partial charge in [-0.3, -0.25) is 4.98 Å². The van der Waals surface area contributed by atoms with Crippen LogP contribution < -0.4 is 4.84 Å². The third-order valence-corrected chi connectivity index (χ3v) is 3.15. The van der Waals surface area contributed by atoms with Crippen LogP contribution in [-0.4, -0.2) is 21.3 Å². The number of hydrogen-bond donors (Lipinski definition) is 0. The second-order valence-corrected chi connectivity index (χ2v) is 4.50. The topological polar surface area (TPSA) is 39.9 Å². The summed E-state index contributed by atoms with van der Waals surface area (Å²) in [5, 5.41) is 1.09. The lowest BCUT2D eigenvalue weighted by atomic mass is 10.2. The maximum Gasteiger partial charge on any atom is 0.146 e. The fraction of sp³-hybridized carbons (Fsp3) is 0.333. The lowest BCUT2D eigenvalue weighted by molar-refractivity contribution is 0.124. The molecule has 0 aliphatic heterocycles. The van der Waals surface area contributed by atoms with E-state index in [1.807, 2.05) is 36.1 Å². The molecule has 19 heavy (non-hydrogen) atoms. The van der Waals surface area contributed by atoms with E-state index in [0.717, 1.165) is 40.6 Å². The van der Waals surface area contributed by atoms with Gasteiger partial charge in [-0.25, -0.2) is 4.98 Å². The molecule has 3 aromatic rings. The van der Waals surface area contributed by atoms with Crippen LogP contribution in [0.2, 0.25) is 0 Å². The van der Waals surface area contributed by atoms with Crippen molar-refractivity contribution in [1.29, 1.82) is 0 Å². The van der Waals surface area contributed by atoms with Crippen LogP contribution in [0.25, 0.3) is 21.9 Å². The van der Waals surface area contributed by atoms with Crippen LogP contribution in [0.4, 0.5) is 0 Å². The lowest BCUT2D eigenvalue weighted by Gasteiger charge is -2.09. The molecule has 0 spiro atoms. The summed E-state index contributed by atoms with van der Waals surface area (Å²) in [5.41, 5.74) is 2.89. The van der Waals surface area contributed by atoms with E-state index in [0.29, 0.717) is 6.61 Å². The Bertz CT molecular complexity index is 718. The van der Waals surface area contributed by atoms with Crippen molar-refractivity contribution in [2.45, 2.75) is 26.7 Å². The SMILES string of the molecule is CCCc1nc2cnc3ccccc3c2n1OCC. The highest BCUT2D eigenvalue weighted by Gasteiger charge is 2.14. The standard InChI is InChI=1S/C15H17N3O/c1-3-7-14-17-13-10-16-12-9-6-5-8-11(12)15(13)18(14)19-4-2/h5-6,8-10H,3-4,7H2,1-2H3. The van der Waals surface area contributed by atoms with E-state index in [4.69, 9.17) is 4.84 Å². The Labute approximate surface area is 112 Å². The number of aryl methyl sites for hydroxylation is 1. The molecular weight excluding hydrogens is 238 g/mol. The van der Waals surface area contributed by atoms with Gasteiger partial charge in [-0.05, 0) is 19.4 Å². The minimum Gasteiger partial charge on any atom is -0.412 e. The molecule has 0 saturated carbocycles. The smallest absolute Gasteiger partial charge is 0.146 e. The third-order valence-electron chi connectivity index (χ3n) is 3.15. The molecule has 0 aliphatic rings. The zero-order valence-electron chi connectivity index (χ0n) is 11.3. The molecular formula is C15H17N3O. The van der Waals surface area contributed by atoms with Crippen molar-refractivity contribution >= 4 is 21.9 Å². The molecule has 0 amide bonds. The van der Waals surface area contributed by atoms with Crippen molar-refractivity contribution in [2.24, 2.45) is 0 Å². The summed E-state index contributed by atoms with van der Waals surface area (Å²) < 4.78 is 1.88. The normalized spacial score (nSPS) is 11.3. The van der Waals surface area contributed by atoms with Crippen LogP contribution in [0.1, 0.15) is 26.1 Å². The molecule has 1 aromatic carbocycles. The number of para-hydroxylation sites is 1. The first-order valence-electron chi connectivity index (χ1n) is 6.73. The number of pyridine rings is 1. The molecule has 0 radical (unpaired) electrons. The Hall–Kier alpha value is -2.10. The number of aromatic nitrogens is 3. The number of nitrogens with zero attached hydrogens (tertiary/aromatic N) is 3. The van der Waals surface area contributed by atoms with Crippen molar-refractivity contribution in [3.63, 3.8) is 0 Å². The van der Waals surface area contributed by atoms with Crippen molar-refractivity contribution in [2.75, 3.05) is 6.61 Å². The van der Waals surface area contributed by atoms with Gasteiger partial charge in [-0.2, -0.15) is 4.73 Å².